The van der Waals surface area contributed by atoms with E-state index in [0.717, 1.165) is 37.7 Å². The number of carboxylic acid groups (broad SMARTS) is 1. The minimum Gasteiger partial charge on any atom is -0.481 e. The van der Waals surface area contributed by atoms with E-state index in [1.54, 1.807) is 0 Å². The van der Waals surface area contributed by atoms with Crippen molar-refractivity contribution in [1.82, 2.24) is 0 Å². The van der Waals surface area contributed by atoms with Gasteiger partial charge in [0.1, 0.15) is 24.4 Å². The van der Waals surface area contributed by atoms with Crippen LogP contribution in [0, 0.1) is 45.3 Å². The van der Waals surface area contributed by atoms with Crippen molar-refractivity contribution >= 4 is 5.97 Å². The number of aliphatic hydroxyl groups is 5. The van der Waals surface area contributed by atoms with Crippen LogP contribution in [-0.2, 0) is 14.3 Å². The summed E-state index contributed by atoms with van der Waals surface area (Å²) in [6.45, 7) is 19.0. The fourth-order valence-electron chi connectivity index (χ4n) is 10.9. The number of carbonyl (C=O) groups is 1. The fraction of sp³-hybridized carbons (Fsp3) is 0.865. The van der Waals surface area contributed by atoms with E-state index in [9.17, 15) is 35.4 Å². The van der Waals surface area contributed by atoms with E-state index in [0.29, 0.717) is 31.6 Å². The predicted molar refractivity (Wildman–Crippen MR) is 173 cm³/mol. The van der Waals surface area contributed by atoms with Gasteiger partial charge in [-0.05, 0) is 103 Å². The Morgan fingerprint density at radius 1 is 1.00 bits per heavy atom. The Hall–Kier alpha value is -1.33. The first kappa shape index (κ1) is 36.0. The van der Waals surface area contributed by atoms with Crippen LogP contribution >= 0.6 is 0 Å². The van der Waals surface area contributed by atoms with Gasteiger partial charge in [0.25, 0.3) is 0 Å². The highest BCUT2D eigenvalue weighted by Crippen LogP contribution is 2.73. The maximum atomic E-state index is 12.9. The molecule has 9 heteroatoms. The molecule has 9 nitrogen and oxygen atoms in total. The zero-order valence-electron chi connectivity index (χ0n) is 29.0. The van der Waals surface area contributed by atoms with Gasteiger partial charge in [0.05, 0.1) is 24.7 Å². The van der Waals surface area contributed by atoms with E-state index in [2.05, 4.69) is 55.0 Å². The molecule has 1 aliphatic heterocycles. The van der Waals surface area contributed by atoms with Gasteiger partial charge in [0.15, 0.2) is 6.29 Å². The molecule has 3 fully saturated rings. The lowest BCUT2D eigenvalue weighted by molar-refractivity contribution is -0.313. The van der Waals surface area contributed by atoms with E-state index >= 15 is 0 Å². The summed E-state index contributed by atoms with van der Waals surface area (Å²) in [5.74, 6) is -0.913. The summed E-state index contributed by atoms with van der Waals surface area (Å²) in [5, 5.41) is 63.7. The number of ether oxygens (including phenoxy) is 2. The minimum absolute atomic E-state index is 0.0351. The molecule has 0 radical (unpaired) electrons. The second-order valence-corrected chi connectivity index (χ2v) is 17.0. The average molecular weight is 649 g/mol. The maximum Gasteiger partial charge on any atom is 0.306 e. The van der Waals surface area contributed by atoms with E-state index in [1.807, 2.05) is 0 Å². The summed E-state index contributed by atoms with van der Waals surface area (Å²) in [4.78, 5) is 12.9. The number of fused-ring (bicyclic) bond motifs is 4. The molecule has 13 atom stereocenters. The van der Waals surface area contributed by atoms with Crippen molar-refractivity contribution in [2.75, 3.05) is 6.61 Å². The molecule has 1 saturated heterocycles. The van der Waals surface area contributed by atoms with Crippen molar-refractivity contribution in [3.63, 3.8) is 0 Å². The molecule has 262 valence electrons. The highest BCUT2D eigenvalue weighted by atomic mass is 16.7. The van der Waals surface area contributed by atoms with Crippen molar-refractivity contribution in [3.8, 4) is 0 Å². The van der Waals surface area contributed by atoms with Crippen LogP contribution < -0.4 is 0 Å². The van der Waals surface area contributed by atoms with E-state index in [4.69, 9.17) is 9.47 Å². The Balaban J connectivity index is 1.58. The molecule has 1 heterocycles. The van der Waals surface area contributed by atoms with E-state index in [1.165, 1.54) is 11.1 Å². The van der Waals surface area contributed by atoms with Crippen molar-refractivity contribution in [3.05, 3.63) is 23.3 Å². The normalized spacial score (nSPS) is 46.0. The molecule has 5 rings (SSSR count). The van der Waals surface area contributed by atoms with Crippen molar-refractivity contribution in [2.45, 2.75) is 149 Å². The largest absolute Gasteiger partial charge is 0.481 e. The summed E-state index contributed by atoms with van der Waals surface area (Å²) in [7, 11) is 0. The second-order valence-electron chi connectivity index (χ2n) is 17.0. The smallest absolute Gasteiger partial charge is 0.306 e. The minimum atomic E-state index is -1.55. The first-order valence-corrected chi connectivity index (χ1v) is 17.6. The van der Waals surface area contributed by atoms with Gasteiger partial charge in [-0.15, -0.1) is 0 Å². The predicted octanol–water partition coefficient (Wildman–Crippen LogP) is 4.58. The van der Waals surface area contributed by atoms with Crippen molar-refractivity contribution in [2.24, 2.45) is 45.3 Å². The third-order valence-corrected chi connectivity index (χ3v) is 14.3. The topological polar surface area (TPSA) is 157 Å². The number of carboxylic acids is 1. The van der Waals surface area contributed by atoms with Crippen molar-refractivity contribution in [1.29, 1.82) is 0 Å². The van der Waals surface area contributed by atoms with Gasteiger partial charge >= 0.3 is 5.97 Å². The molecular formula is C37H60O9. The Bertz CT molecular complexity index is 1210. The van der Waals surface area contributed by atoms with Crippen LogP contribution in [0.3, 0.4) is 0 Å². The summed E-state index contributed by atoms with van der Waals surface area (Å²) < 4.78 is 12.6. The van der Waals surface area contributed by atoms with Gasteiger partial charge in [-0.3, -0.25) is 4.79 Å². The zero-order chi connectivity index (χ0) is 34.1. The standard InChI is InChI=1S/C37H60O9/c1-19(2)20(3)9-10-21(32(43)44)22-11-16-37(8)28-23(12-15-36(22,37)7)35(6)14-13-27(39)34(4,5)26(35)17-24(28)45-33-31(42)30(41)29(40)25(18-38)46-33/h19,21-22,24-27,29-31,33,38-42H,3,9-18H2,1-2,4-8H3,(H,43,44)/t21-,22-,24-,25-,26?,27+,29-,30+,31-,33-,35-,36-,37+/m1/s1. The monoisotopic (exact) mass is 648 g/mol. The number of hydrogen-bond acceptors (Lipinski definition) is 8. The van der Waals surface area contributed by atoms with Crippen LogP contribution in [0.2, 0.25) is 0 Å². The first-order chi connectivity index (χ1) is 21.3. The molecule has 6 N–H and O–H groups in total. The number of rotatable bonds is 9. The number of allylic oxidation sites excluding steroid dienone is 2. The summed E-state index contributed by atoms with van der Waals surface area (Å²) in [6, 6.07) is 0. The number of hydrogen-bond donors (Lipinski definition) is 6. The molecule has 0 amide bonds. The fourth-order valence-corrected chi connectivity index (χ4v) is 10.9. The lowest BCUT2D eigenvalue weighted by Gasteiger charge is -2.63. The molecule has 0 aromatic rings. The van der Waals surface area contributed by atoms with Gasteiger partial charge in [-0.25, -0.2) is 0 Å². The molecule has 0 aromatic heterocycles. The molecule has 4 aliphatic carbocycles. The second kappa shape index (κ2) is 12.5. The van der Waals surface area contributed by atoms with Gasteiger partial charge < -0.3 is 40.1 Å². The lowest BCUT2D eigenvalue weighted by Crippen LogP contribution is -2.62. The molecule has 5 aliphatic rings. The quantitative estimate of drug-likeness (QED) is 0.197. The molecule has 0 bridgehead atoms. The van der Waals surface area contributed by atoms with Crippen LogP contribution in [0.5, 0.6) is 0 Å². The Kier molecular flexibility index (Phi) is 9.79. The Labute approximate surface area is 275 Å². The lowest BCUT2D eigenvalue weighted by atomic mass is 9.42. The van der Waals surface area contributed by atoms with Crippen LogP contribution in [0.4, 0.5) is 0 Å². The summed E-state index contributed by atoms with van der Waals surface area (Å²) in [6.07, 6.45) is -1.30. The molecule has 46 heavy (non-hydrogen) atoms. The average Bonchev–Trinajstić information content (AvgIpc) is 3.26. The third kappa shape index (κ3) is 5.44. The summed E-state index contributed by atoms with van der Waals surface area (Å²) >= 11 is 0. The highest BCUT2D eigenvalue weighted by Gasteiger charge is 2.66. The molecule has 0 spiro atoms. The van der Waals surface area contributed by atoms with Gasteiger partial charge in [-0.1, -0.05) is 66.2 Å². The zero-order valence-corrected chi connectivity index (χ0v) is 29.0. The van der Waals surface area contributed by atoms with Crippen LogP contribution in [0.15, 0.2) is 23.3 Å². The van der Waals surface area contributed by atoms with Gasteiger partial charge in [0.2, 0.25) is 0 Å². The molecular weight excluding hydrogens is 588 g/mol. The number of aliphatic hydroxyl groups excluding tert-OH is 5. The Morgan fingerprint density at radius 2 is 1.67 bits per heavy atom. The van der Waals surface area contributed by atoms with E-state index < -0.39 is 66.8 Å². The van der Waals surface area contributed by atoms with Crippen LogP contribution in [0.25, 0.3) is 0 Å². The SMILES string of the molecule is C=C(CC[C@@H](C(=O)O)[C@H]1CC[C@@]2(C)C3=C(CC[C@]12C)[C@@]1(C)CC[C@H](O)C(C)(C)C1C[C@H]3O[C@@H]1O[C@H](CO)[C@@H](O)[C@H](O)[C@H]1O)C(C)C. The maximum absolute atomic E-state index is 12.9. The summed E-state index contributed by atoms with van der Waals surface area (Å²) in [5.41, 5.74) is 2.28. The first-order valence-electron chi connectivity index (χ1n) is 17.6. The molecule has 0 aromatic carbocycles. The highest BCUT2D eigenvalue weighted by molar-refractivity contribution is 5.71. The van der Waals surface area contributed by atoms with E-state index in [-0.39, 0.29) is 28.1 Å². The van der Waals surface area contributed by atoms with Crippen LogP contribution in [0.1, 0.15) is 106 Å². The number of aliphatic carboxylic acids is 1. The third-order valence-electron chi connectivity index (χ3n) is 14.3. The molecule has 1 unspecified atom stereocenters. The molecule has 2 saturated carbocycles. The van der Waals surface area contributed by atoms with Crippen molar-refractivity contribution < 1.29 is 44.9 Å². The van der Waals surface area contributed by atoms with Crippen LogP contribution in [-0.4, -0.2) is 86.1 Å². The Morgan fingerprint density at radius 3 is 2.28 bits per heavy atom. The van der Waals surface area contributed by atoms with Gasteiger partial charge in [-0.2, -0.15) is 0 Å². The van der Waals surface area contributed by atoms with Gasteiger partial charge in [0, 0.05) is 0 Å².